The van der Waals surface area contributed by atoms with E-state index in [2.05, 4.69) is 9.55 Å². The summed E-state index contributed by atoms with van der Waals surface area (Å²) in [6.45, 7) is 0.0815. The molecule has 4 nitrogen and oxygen atoms in total. The van der Waals surface area contributed by atoms with Crippen LogP contribution in [0.25, 0.3) is 0 Å². The Hall–Kier alpha value is -0.870. The normalized spacial score (nSPS) is 33.1. The number of aromatic nitrogens is 2. The van der Waals surface area contributed by atoms with Crippen molar-refractivity contribution in [2.75, 3.05) is 6.61 Å². The molecule has 1 aromatic rings. The molecule has 0 aromatic carbocycles. The molecule has 0 saturated heterocycles. The maximum absolute atomic E-state index is 9.22. The number of aliphatic hydroxyl groups is 1. The summed E-state index contributed by atoms with van der Waals surface area (Å²) in [7, 11) is 0. The first-order chi connectivity index (χ1) is 6.73. The highest BCUT2D eigenvalue weighted by molar-refractivity contribution is 4.94. The molecule has 2 atom stereocenters. The van der Waals surface area contributed by atoms with Crippen LogP contribution in [0.3, 0.4) is 0 Å². The summed E-state index contributed by atoms with van der Waals surface area (Å²) in [4.78, 5) is 4.03. The average Bonchev–Trinajstić information content (AvgIpc) is 2.71. The highest BCUT2D eigenvalue weighted by Gasteiger charge is 2.32. The number of hydrogen-bond acceptors (Lipinski definition) is 3. The lowest BCUT2D eigenvalue weighted by Gasteiger charge is -2.37. The molecule has 2 rings (SSSR count). The van der Waals surface area contributed by atoms with Crippen LogP contribution in [-0.2, 0) is 0 Å². The van der Waals surface area contributed by atoms with Crippen LogP contribution in [-0.4, -0.2) is 26.8 Å². The molecule has 0 spiro atoms. The monoisotopic (exact) mass is 195 g/mol. The van der Waals surface area contributed by atoms with Gasteiger partial charge in [0.15, 0.2) is 0 Å². The number of nitrogens with two attached hydrogens (primary N) is 1. The Bertz CT molecular complexity index is 286. The summed E-state index contributed by atoms with van der Waals surface area (Å²) >= 11 is 0. The first kappa shape index (κ1) is 9.68. The van der Waals surface area contributed by atoms with E-state index in [-0.39, 0.29) is 12.1 Å². The molecule has 0 bridgehead atoms. The number of hydrogen-bond donors (Lipinski definition) is 2. The van der Waals surface area contributed by atoms with E-state index in [0.29, 0.717) is 6.04 Å². The summed E-state index contributed by atoms with van der Waals surface area (Å²) in [6.07, 6.45) is 9.57. The minimum atomic E-state index is -0.382. The van der Waals surface area contributed by atoms with E-state index in [1.165, 1.54) is 0 Å². The van der Waals surface area contributed by atoms with Crippen LogP contribution in [0.4, 0.5) is 0 Å². The molecule has 1 aliphatic carbocycles. The zero-order valence-electron chi connectivity index (χ0n) is 8.26. The van der Waals surface area contributed by atoms with Gasteiger partial charge in [-0.15, -0.1) is 0 Å². The van der Waals surface area contributed by atoms with Gasteiger partial charge in [-0.1, -0.05) is 0 Å². The fourth-order valence-corrected chi connectivity index (χ4v) is 2.25. The van der Waals surface area contributed by atoms with E-state index in [4.69, 9.17) is 5.73 Å². The van der Waals surface area contributed by atoms with E-state index >= 15 is 0 Å². The zero-order valence-corrected chi connectivity index (χ0v) is 8.26. The van der Waals surface area contributed by atoms with Gasteiger partial charge in [-0.3, -0.25) is 0 Å². The molecule has 1 saturated carbocycles. The Balaban J connectivity index is 2.08. The van der Waals surface area contributed by atoms with Crippen LogP contribution in [0.5, 0.6) is 0 Å². The van der Waals surface area contributed by atoms with E-state index in [1.807, 2.05) is 12.5 Å². The third kappa shape index (κ3) is 1.81. The van der Waals surface area contributed by atoms with Gasteiger partial charge in [0.2, 0.25) is 0 Å². The van der Waals surface area contributed by atoms with Crippen molar-refractivity contribution < 1.29 is 5.11 Å². The third-order valence-corrected chi connectivity index (χ3v) is 3.12. The predicted octanol–water partition coefficient (Wildman–Crippen LogP) is 0.688. The van der Waals surface area contributed by atoms with Crippen molar-refractivity contribution in [2.45, 2.75) is 37.3 Å². The Labute approximate surface area is 83.8 Å². The highest BCUT2D eigenvalue weighted by Crippen LogP contribution is 2.33. The van der Waals surface area contributed by atoms with Gasteiger partial charge in [0, 0.05) is 24.0 Å². The van der Waals surface area contributed by atoms with Gasteiger partial charge in [-0.25, -0.2) is 4.98 Å². The lowest BCUT2D eigenvalue weighted by molar-refractivity contribution is 0.131. The quantitative estimate of drug-likeness (QED) is 0.729. The summed E-state index contributed by atoms with van der Waals surface area (Å²) in [6, 6.07) is 0.406. The highest BCUT2D eigenvalue weighted by atomic mass is 16.3. The van der Waals surface area contributed by atoms with Crippen molar-refractivity contribution in [1.82, 2.24) is 9.55 Å². The van der Waals surface area contributed by atoms with Crippen molar-refractivity contribution in [3.8, 4) is 0 Å². The second-order valence-corrected chi connectivity index (χ2v) is 4.28. The summed E-state index contributed by atoms with van der Waals surface area (Å²) in [5.41, 5.74) is 5.69. The van der Waals surface area contributed by atoms with Crippen molar-refractivity contribution >= 4 is 0 Å². The maximum atomic E-state index is 9.22. The van der Waals surface area contributed by atoms with Crippen LogP contribution in [0.1, 0.15) is 31.7 Å². The molecule has 0 aliphatic heterocycles. The molecule has 1 aromatic heterocycles. The topological polar surface area (TPSA) is 64.1 Å². The standard InChI is InChI=1S/C10H17N3O/c11-10(7-14)3-1-2-9(6-10)13-5-4-12-8-13/h4-5,8-9,14H,1-3,6-7,11H2. The Morgan fingerprint density at radius 1 is 1.64 bits per heavy atom. The van der Waals surface area contributed by atoms with E-state index in [1.54, 1.807) is 6.20 Å². The van der Waals surface area contributed by atoms with Gasteiger partial charge in [0.1, 0.15) is 0 Å². The van der Waals surface area contributed by atoms with Crippen molar-refractivity contribution in [3.63, 3.8) is 0 Å². The van der Waals surface area contributed by atoms with E-state index < -0.39 is 0 Å². The lowest BCUT2D eigenvalue weighted by Crippen LogP contribution is -2.47. The average molecular weight is 195 g/mol. The van der Waals surface area contributed by atoms with E-state index in [0.717, 1.165) is 25.7 Å². The van der Waals surface area contributed by atoms with Crippen LogP contribution in [0.2, 0.25) is 0 Å². The fraction of sp³-hybridized carbons (Fsp3) is 0.700. The molecule has 1 aliphatic rings. The van der Waals surface area contributed by atoms with Gasteiger partial charge in [-0.05, 0) is 25.7 Å². The van der Waals surface area contributed by atoms with Gasteiger partial charge < -0.3 is 15.4 Å². The molecule has 3 N–H and O–H groups in total. The van der Waals surface area contributed by atoms with Crippen molar-refractivity contribution in [2.24, 2.45) is 5.73 Å². The smallest absolute Gasteiger partial charge is 0.0948 e. The van der Waals surface area contributed by atoms with Crippen LogP contribution in [0.15, 0.2) is 18.7 Å². The minimum absolute atomic E-state index is 0.0815. The lowest BCUT2D eigenvalue weighted by atomic mass is 9.80. The molecule has 0 radical (unpaired) electrons. The number of nitrogens with zero attached hydrogens (tertiary/aromatic N) is 2. The molecule has 0 amide bonds. The van der Waals surface area contributed by atoms with Crippen LogP contribution in [0, 0.1) is 0 Å². The molecule has 14 heavy (non-hydrogen) atoms. The molecular weight excluding hydrogens is 178 g/mol. The number of aliphatic hydroxyl groups excluding tert-OH is 1. The first-order valence-electron chi connectivity index (χ1n) is 5.11. The van der Waals surface area contributed by atoms with Gasteiger partial charge >= 0.3 is 0 Å². The zero-order chi connectivity index (χ0) is 10.0. The third-order valence-electron chi connectivity index (χ3n) is 3.12. The predicted molar refractivity (Wildman–Crippen MR) is 53.7 cm³/mol. The van der Waals surface area contributed by atoms with Crippen LogP contribution >= 0.6 is 0 Å². The Morgan fingerprint density at radius 3 is 3.14 bits per heavy atom. The second-order valence-electron chi connectivity index (χ2n) is 4.28. The first-order valence-corrected chi connectivity index (χ1v) is 5.11. The summed E-state index contributed by atoms with van der Waals surface area (Å²) in [5, 5.41) is 9.22. The van der Waals surface area contributed by atoms with Crippen LogP contribution < -0.4 is 5.73 Å². The molecule has 1 fully saturated rings. The number of rotatable bonds is 2. The number of imidazole rings is 1. The summed E-state index contributed by atoms with van der Waals surface area (Å²) < 4.78 is 2.09. The van der Waals surface area contributed by atoms with Crippen molar-refractivity contribution in [3.05, 3.63) is 18.7 Å². The molecule has 4 heteroatoms. The largest absolute Gasteiger partial charge is 0.394 e. The minimum Gasteiger partial charge on any atom is -0.394 e. The van der Waals surface area contributed by atoms with Gasteiger partial charge in [0.25, 0.3) is 0 Å². The maximum Gasteiger partial charge on any atom is 0.0948 e. The molecule has 1 heterocycles. The SMILES string of the molecule is NC1(CO)CCCC(n2ccnc2)C1. The molecular formula is C10H17N3O. The van der Waals surface area contributed by atoms with E-state index in [9.17, 15) is 5.11 Å². The Morgan fingerprint density at radius 2 is 2.50 bits per heavy atom. The second kappa shape index (κ2) is 3.71. The van der Waals surface area contributed by atoms with Gasteiger partial charge in [0.05, 0.1) is 12.9 Å². The summed E-state index contributed by atoms with van der Waals surface area (Å²) in [5.74, 6) is 0. The fourth-order valence-electron chi connectivity index (χ4n) is 2.25. The van der Waals surface area contributed by atoms with Crippen molar-refractivity contribution in [1.29, 1.82) is 0 Å². The molecule has 2 unspecified atom stereocenters. The van der Waals surface area contributed by atoms with Gasteiger partial charge in [-0.2, -0.15) is 0 Å². The molecule has 78 valence electrons. The Kier molecular flexibility index (Phi) is 2.56.